The number of anilines is 1. The predicted octanol–water partition coefficient (Wildman–Crippen LogP) is 1.68. The number of rotatable bonds is 4. The lowest BCUT2D eigenvalue weighted by Crippen LogP contribution is -2.47. The van der Waals surface area contributed by atoms with E-state index in [1.165, 1.54) is 4.31 Å². The van der Waals surface area contributed by atoms with Crippen LogP contribution in [0.2, 0.25) is 0 Å². The maximum Gasteiger partial charge on any atom is 0.281 e. The highest BCUT2D eigenvalue weighted by molar-refractivity contribution is 7.86. The maximum absolute atomic E-state index is 12.5. The summed E-state index contributed by atoms with van der Waals surface area (Å²) in [4.78, 5) is 12.3. The Morgan fingerprint density at radius 3 is 2.13 bits per heavy atom. The van der Waals surface area contributed by atoms with Crippen molar-refractivity contribution in [2.75, 3.05) is 31.5 Å². The molecule has 23 heavy (non-hydrogen) atoms. The predicted molar refractivity (Wildman–Crippen MR) is 89.1 cm³/mol. The van der Waals surface area contributed by atoms with Crippen LogP contribution in [0, 0.1) is 5.92 Å². The number of piperidine rings is 1. The number of nitrogens with zero attached hydrogens (tertiary/aromatic N) is 2. The molecule has 2 heterocycles. The summed E-state index contributed by atoms with van der Waals surface area (Å²) in [6.07, 6.45) is 3.03. The molecule has 1 aromatic rings. The molecule has 126 valence electrons. The fourth-order valence-corrected chi connectivity index (χ4v) is 4.92. The Morgan fingerprint density at radius 2 is 1.52 bits per heavy atom. The van der Waals surface area contributed by atoms with Gasteiger partial charge in [-0.15, -0.1) is 0 Å². The van der Waals surface area contributed by atoms with Crippen molar-refractivity contribution in [1.29, 1.82) is 0 Å². The molecule has 3 rings (SSSR count). The molecular weight excluding hydrogens is 314 g/mol. The summed E-state index contributed by atoms with van der Waals surface area (Å²) >= 11 is 0. The third kappa shape index (κ3) is 3.73. The summed E-state index contributed by atoms with van der Waals surface area (Å²) in [5.74, 6) is -0.144. The van der Waals surface area contributed by atoms with Gasteiger partial charge in [-0.2, -0.15) is 17.0 Å². The fourth-order valence-electron chi connectivity index (χ4n) is 3.20. The third-order valence-electron chi connectivity index (χ3n) is 4.58. The van der Waals surface area contributed by atoms with Gasteiger partial charge in [-0.25, -0.2) is 0 Å². The lowest BCUT2D eigenvalue weighted by Gasteiger charge is -2.33. The average Bonchev–Trinajstić information content (AvgIpc) is 3.11. The van der Waals surface area contributed by atoms with E-state index in [0.29, 0.717) is 39.0 Å². The molecular formula is C16H23N3O3S. The lowest BCUT2D eigenvalue weighted by molar-refractivity contribution is -0.120. The lowest BCUT2D eigenvalue weighted by atomic mass is 9.97. The van der Waals surface area contributed by atoms with Crippen LogP contribution >= 0.6 is 0 Å². The molecule has 2 saturated heterocycles. The first-order chi connectivity index (χ1) is 11.1. The van der Waals surface area contributed by atoms with Gasteiger partial charge in [-0.1, -0.05) is 18.2 Å². The van der Waals surface area contributed by atoms with Gasteiger partial charge in [-0.05, 0) is 37.8 Å². The molecule has 0 bridgehead atoms. The van der Waals surface area contributed by atoms with Crippen LogP contribution in [0.1, 0.15) is 25.7 Å². The second-order valence-electron chi connectivity index (χ2n) is 6.14. The van der Waals surface area contributed by atoms with Crippen LogP contribution in [0.25, 0.3) is 0 Å². The minimum Gasteiger partial charge on any atom is -0.326 e. The van der Waals surface area contributed by atoms with Gasteiger partial charge in [-0.3, -0.25) is 4.79 Å². The normalized spacial score (nSPS) is 21.4. The van der Waals surface area contributed by atoms with E-state index in [4.69, 9.17) is 0 Å². The highest BCUT2D eigenvalue weighted by atomic mass is 32.2. The van der Waals surface area contributed by atoms with Crippen molar-refractivity contribution in [2.24, 2.45) is 5.92 Å². The number of para-hydroxylation sites is 1. The van der Waals surface area contributed by atoms with Crippen molar-refractivity contribution in [2.45, 2.75) is 25.7 Å². The molecule has 0 aliphatic carbocycles. The molecule has 1 aromatic carbocycles. The van der Waals surface area contributed by atoms with Crippen molar-refractivity contribution in [3.63, 3.8) is 0 Å². The summed E-state index contributed by atoms with van der Waals surface area (Å²) in [6, 6.07) is 9.36. The van der Waals surface area contributed by atoms with Gasteiger partial charge >= 0.3 is 0 Å². The molecule has 1 N–H and O–H groups in total. The molecule has 1 amide bonds. The molecule has 0 spiro atoms. The van der Waals surface area contributed by atoms with E-state index < -0.39 is 10.2 Å². The second-order valence-corrected chi connectivity index (χ2v) is 8.07. The number of carbonyl (C=O) groups excluding carboxylic acids is 1. The van der Waals surface area contributed by atoms with Gasteiger partial charge in [0.15, 0.2) is 0 Å². The monoisotopic (exact) mass is 337 g/mol. The van der Waals surface area contributed by atoms with Gasteiger partial charge in [0.25, 0.3) is 10.2 Å². The fraction of sp³-hybridized carbons (Fsp3) is 0.562. The molecule has 2 aliphatic rings. The Morgan fingerprint density at radius 1 is 0.957 bits per heavy atom. The molecule has 2 fully saturated rings. The van der Waals surface area contributed by atoms with Crippen LogP contribution in [0.3, 0.4) is 0 Å². The Labute approximate surface area is 137 Å². The van der Waals surface area contributed by atoms with Gasteiger partial charge in [0.2, 0.25) is 5.91 Å². The van der Waals surface area contributed by atoms with Gasteiger partial charge in [0.05, 0.1) is 0 Å². The zero-order valence-electron chi connectivity index (χ0n) is 13.1. The Kier molecular flexibility index (Phi) is 4.99. The van der Waals surface area contributed by atoms with Gasteiger partial charge < -0.3 is 5.32 Å². The first kappa shape index (κ1) is 16.4. The van der Waals surface area contributed by atoms with Gasteiger partial charge in [0.1, 0.15) is 0 Å². The van der Waals surface area contributed by atoms with Gasteiger partial charge in [0, 0.05) is 37.8 Å². The molecule has 0 saturated carbocycles. The standard InChI is InChI=1S/C16H23N3O3S/c20-16(17-15-6-2-1-3-7-15)14-8-12-19(13-9-14)23(21,22)18-10-4-5-11-18/h1-3,6-7,14H,4-5,8-13H2,(H,17,20). The number of hydrogen-bond acceptors (Lipinski definition) is 3. The molecule has 0 radical (unpaired) electrons. The Balaban J connectivity index is 1.55. The van der Waals surface area contributed by atoms with E-state index in [0.717, 1.165) is 18.5 Å². The van der Waals surface area contributed by atoms with Crippen LogP contribution in [-0.4, -0.2) is 49.1 Å². The van der Waals surface area contributed by atoms with Crippen molar-refractivity contribution in [1.82, 2.24) is 8.61 Å². The largest absolute Gasteiger partial charge is 0.326 e. The van der Waals surface area contributed by atoms with Crippen LogP contribution in [0.4, 0.5) is 5.69 Å². The van der Waals surface area contributed by atoms with Crippen molar-refractivity contribution >= 4 is 21.8 Å². The summed E-state index contributed by atoms with van der Waals surface area (Å²) in [6.45, 7) is 2.09. The number of amides is 1. The van der Waals surface area contributed by atoms with Crippen molar-refractivity contribution < 1.29 is 13.2 Å². The second kappa shape index (κ2) is 6.98. The van der Waals surface area contributed by atoms with Crippen LogP contribution in [-0.2, 0) is 15.0 Å². The quantitative estimate of drug-likeness (QED) is 0.909. The van der Waals surface area contributed by atoms with E-state index in [1.807, 2.05) is 30.3 Å². The topological polar surface area (TPSA) is 69.7 Å². The van der Waals surface area contributed by atoms with Crippen molar-refractivity contribution in [3.05, 3.63) is 30.3 Å². The molecule has 7 heteroatoms. The van der Waals surface area contributed by atoms with E-state index in [9.17, 15) is 13.2 Å². The van der Waals surface area contributed by atoms with Crippen LogP contribution in [0.5, 0.6) is 0 Å². The van der Waals surface area contributed by atoms with Crippen molar-refractivity contribution in [3.8, 4) is 0 Å². The minimum absolute atomic E-state index is 0.0191. The van der Waals surface area contributed by atoms with Crippen LogP contribution in [0.15, 0.2) is 30.3 Å². The van der Waals surface area contributed by atoms with E-state index in [1.54, 1.807) is 4.31 Å². The number of nitrogens with one attached hydrogen (secondary N) is 1. The Hall–Kier alpha value is -1.44. The number of hydrogen-bond donors (Lipinski definition) is 1. The smallest absolute Gasteiger partial charge is 0.281 e. The number of benzene rings is 1. The van der Waals surface area contributed by atoms with Crippen LogP contribution < -0.4 is 5.32 Å². The Bertz CT molecular complexity index is 634. The van der Waals surface area contributed by atoms with E-state index in [2.05, 4.69) is 5.32 Å². The first-order valence-corrected chi connectivity index (χ1v) is 9.58. The molecule has 0 aromatic heterocycles. The zero-order chi connectivity index (χ0) is 16.3. The summed E-state index contributed by atoms with van der Waals surface area (Å²) < 4.78 is 28.1. The zero-order valence-corrected chi connectivity index (χ0v) is 14.0. The third-order valence-corrected chi connectivity index (χ3v) is 6.62. The number of carbonyl (C=O) groups is 1. The molecule has 2 aliphatic heterocycles. The summed E-state index contributed by atoms with van der Waals surface area (Å²) in [5.41, 5.74) is 0.782. The first-order valence-electron chi connectivity index (χ1n) is 8.18. The maximum atomic E-state index is 12.5. The van der Waals surface area contributed by atoms with E-state index in [-0.39, 0.29) is 11.8 Å². The molecule has 0 unspecified atom stereocenters. The minimum atomic E-state index is -3.33. The molecule has 6 nitrogen and oxygen atoms in total. The highest BCUT2D eigenvalue weighted by Gasteiger charge is 2.35. The summed E-state index contributed by atoms with van der Waals surface area (Å²) in [5, 5.41) is 2.90. The van der Waals surface area contributed by atoms with E-state index >= 15 is 0 Å². The molecule has 0 atom stereocenters. The summed E-state index contributed by atoms with van der Waals surface area (Å²) in [7, 11) is -3.33. The highest BCUT2D eigenvalue weighted by Crippen LogP contribution is 2.24. The SMILES string of the molecule is O=C(Nc1ccccc1)C1CCN(S(=O)(=O)N2CCCC2)CC1. The average molecular weight is 337 g/mol.